The van der Waals surface area contributed by atoms with E-state index in [0.717, 1.165) is 37.4 Å². The van der Waals surface area contributed by atoms with E-state index < -0.39 is 12.1 Å². The Morgan fingerprint density at radius 1 is 1.29 bits per heavy atom. The van der Waals surface area contributed by atoms with E-state index in [-0.39, 0.29) is 24.2 Å². The molecule has 1 atom stereocenters. The Labute approximate surface area is 160 Å². The Morgan fingerprint density at radius 2 is 1.86 bits per heavy atom. The second kappa shape index (κ2) is 8.29. The number of anilines is 1. The van der Waals surface area contributed by atoms with Crippen molar-refractivity contribution in [3.63, 3.8) is 0 Å². The van der Waals surface area contributed by atoms with Gasteiger partial charge in [-0.05, 0) is 38.8 Å². The predicted molar refractivity (Wildman–Crippen MR) is 92.8 cm³/mol. The van der Waals surface area contributed by atoms with E-state index in [4.69, 9.17) is 14.6 Å². The fourth-order valence-electron chi connectivity index (χ4n) is 3.23. The standard InChI is InChI=1S/C15H22N4O2.C2HF3O2/c1-11-4-5-13(17-16-11)19-8-6-15(7-9-19)12(2)18(3)14(20)10-21-15;3-2(4,5)1(6)7/h4-5,12H,6-10H2,1-3H3;(H,6,7). The molecule has 0 aromatic carbocycles. The van der Waals surface area contributed by atoms with Crippen LogP contribution in [0.15, 0.2) is 12.1 Å². The minimum atomic E-state index is -5.08. The second-order valence-electron chi connectivity index (χ2n) is 6.86. The summed E-state index contributed by atoms with van der Waals surface area (Å²) in [5.74, 6) is -1.77. The molecule has 1 unspecified atom stereocenters. The Balaban J connectivity index is 0.000000345. The van der Waals surface area contributed by atoms with Crippen LogP contribution in [0, 0.1) is 6.92 Å². The predicted octanol–water partition coefficient (Wildman–Crippen LogP) is 1.63. The average Bonchev–Trinajstić information content (AvgIpc) is 2.64. The molecule has 3 rings (SSSR count). The molecule has 1 amide bonds. The number of halogens is 3. The van der Waals surface area contributed by atoms with Gasteiger partial charge in [-0.15, -0.1) is 5.10 Å². The molecule has 11 heteroatoms. The zero-order valence-corrected chi connectivity index (χ0v) is 15.9. The number of aromatic nitrogens is 2. The molecule has 3 heterocycles. The molecule has 1 aromatic rings. The summed E-state index contributed by atoms with van der Waals surface area (Å²) in [4.78, 5) is 24.7. The van der Waals surface area contributed by atoms with Gasteiger partial charge in [0.2, 0.25) is 5.91 Å². The van der Waals surface area contributed by atoms with Crippen molar-refractivity contribution in [2.45, 2.75) is 44.5 Å². The number of rotatable bonds is 1. The molecule has 2 saturated heterocycles. The smallest absolute Gasteiger partial charge is 0.475 e. The summed E-state index contributed by atoms with van der Waals surface area (Å²) in [6.07, 6.45) is -3.28. The first kappa shape index (κ1) is 21.9. The quantitative estimate of drug-likeness (QED) is 0.760. The zero-order valence-electron chi connectivity index (χ0n) is 15.9. The van der Waals surface area contributed by atoms with Gasteiger partial charge < -0.3 is 19.6 Å². The van der Waals surface area contributed by atoms with E-state index in [1.807, 2.05) is 31.0 Å². The van der Waals surface area contributed by atoms with Gasteiger partial charge in [-0.2, -0.15) is 18.3 Å². The topological polar surface area (TPSA) is 95.9 Å². The van der Waals surface area contributed by atoms with E-state index in [1.165, 1.54) is 0 Å². The normalized spacial score (nSPS) is 21.9. The van der Waals surface area contributed by atoms with Gasteiger partial charge in [-0.3, -0.25) is 4.79 Å². The van der Waals surface area contributed by atoms with Gasteiger partial charge in [-0.25, -0.2) is 4.79 Å². The molecule has 2 aliphatic rings. The first-order valence-corrected chi connectivity index (χ1v) is 8.71. The number of carbonyl (C=O) groups is 2. The van der Waals surface area contributed by atoms with Crippen LogP contribution >= 0.6 is 0 Å². The van der Waals surface area contributed by atoms with Crippen LogP contribution in [0.2, 0.25) is 0 Å². The summed E-state index contributed by atoms with van der Waals surface area (Å²) in [6.45, 7) is 5.98. The van der Waals surface area contributed by atoms with Gasteiger partial charge in [0.1, 0.15) is 6.61 Å². The highest BCUT2D eigenvalue weighted by atomic mass is 19.4. The summed E-state index contributed by atoms with van der Waals surface area (Å²) < 4.78 is 37.7. The van der Waals surface area contributed by atoms with Crippen LogP contribution in [0.3, 0.4) is 0 Å². The molecule has 0 radical (unpaired) electrons. The van der Waals surface area contributed by atoms with Crippen molar-refractivity contribution in [1.29, 1.82) is 0 Å². The van der Waals surface area contributed by atoms with Gasteiger partial charge in [0, 0.05) is 20.1 Å². The van der Waals surface area contributed by atoms with Gasteiger partial charge in [0.25, 0.3) is 0 Å². The molecule has 0 aliphatic carbocycles. The van der Waals surface area contributed by atoms with Crippen LogP contribution in [0.1, 0.15) is 25.5 Å². The van der Waals surface area contributed by atoms with E-state index in [9.17, 15) is 18.0 Å². The van der Waals surface area contributed by atoms with Crippen molar-refractivity contribution in [1.82, 2.24) is 15.1 Å². The van der Waals surface area contributed by atoms with E-state index in [1.54, 1.807) is 0 Å². The van der Waals surface area contributed by atoms with Gasteiger partial charge in [-0.1, -0.05) is 0 Å². The lowest BCUT2D eigenvalue weighted by atomic mass is 9.83. The number of hydrogen-bond acceptors (Lipinski definition) is 6. The third kappa shape index (κ3) is 4.89. The Kier molecular flexibility index (Phi) is 6.48. The molecule has 2 fully saturated rings. The van der Waals surface area contributed by atoms with Crippen molar-refractivity contribution in [3.05, 3.63) is 17.8 Å². The SMILES string of the molecule is Cc1ccc(N2CCC3(CC2)OCC(=O)N(C)C3C)nn1.O=C(O)C(F)(F)F. The highest BCUT2D eigenvalue weighted by Crippen LogP contribution is 2.35. The summed E-state index contributed by atoms with van der Waals surface area (Å²) >= 11 is 0. The summed E-state index contributed by atoms with van der Waals surface area (Å²) in [5.41, 5.74) is 0.716. The highest BCUT2D eigenvalue weighted by molar-refractivity contribution is 5.78. The van der Waals surface area contributed by atoms with Crippen LogP contribution in [0.25, 0.3) is 0 Å². The molecule has 156 valence electrons. The number of aliphatic carboxylic acids is 1. The molecular weight excluding hydrogens is 381 g/mol. The van der Waals surface area contributed by atoms with E-state index in [2.05, 4.69) is 22.0 Å². The minimum Gasteiger partial charge on any atom is -0.475 e. The van der Waals surface area contributed by atoms with Crippen LogP contribution in [-0.4, -0.2) is 76.6 Å². The Hall–Kier alpha value is -2.43. The molecule has 1 spiro atoms. The number of amides is 1. The zero-order chi connectivity index (χ0) is 21.1. The van der Waals surface area contributed by atoms with Gasteiger partial charge >= 0.3 is 12.1 Å². The third-order valence-electron chi connectivity index (χ3n) is 5.18. The second-order valence-corrected chi connectivity index (χ2v) is 6.86. The van der Waals surface area contributed by atoms with Gasteiger partial charge in [0.15, 0.2) is 5.82 Å². The number of carboxylic acids is 1. The van der Waals surface area contributed by atoms with Crippen LogP contribution < -0.4 is 4.90 Å². The lowest BCUT2D eigenvalue weighted by molar-refractivity contribution is -0.192. The molecule has 28 heavy (non-hydrogen) atoms. The number of carbonyl (C=O) groups excluding carboxylic acids is 1. The third-order valence-corrected chi connectivity index (χ3v) is 5.18. The summed E-state index contributed by atoms with van der Waals surface area (Å²) in [5, 5.41) is 15.5. The first-order valence-electron chi connectivity index (χ1n) is 8.71. The lowest BCUT2D eigenvalue weighted by Crippen LogP contribution is -2.63. The Morgan fingerprint density at radius 3 is 2.32 bits per heavy atom. The van der Waals surface area contributed by atoms with E-state index >= 15 is 0 Å². The lowest BCUT2D eigenvalue weighted by Gasteiger charge is -2.50. The maximum absolute atomic E-state index is 11.7. The number of hydrogen-bond donors (Lipinski definition) is 1. The van der Waals surface area contributed by atoms with Crippen LogP contribution in [0.4, 0.5) is 19.0 Å². The first-order chi connectivity index (χ1) is 13.0. The molecule has 8 nitrogen and oxygen atoms in total. The van der Waals surface area contributed by atoms with Crippen LogP contribution in [-0.2, 0) is 14.3 Å². The maximum atomic E-state index is 11.7. The molecule has 0 bridgehead atoms. The molecule has 1 aromatic heterocycles. The fraction of sp³-hybridized carbons (Fsp3) is 0.647. The Bertz CT molecular complexity index is 703. The van der Waals surface area contributed by atoms with Crippen molar-refractivity contribution in [2.24, 2.45) is 0 Å². The largest absolute Gasteiger partial charge is 0.490 e. The average molecular weight is 404 g/mol. The number of carboxylic acid groups (broad SMARTS) is 1. The van der Waals surface area contributed by atoms with Gasteiger partial charge in [0.05, 0.1) is 17.3 Å². The number of likely N-dealkylation sites (N-methyl/N-ethyl adjacent to an activating group) is 1. The molecule has 1 N–H and O–H groups in total. The fourth-order valence-corrected chi connectivity index (χ4v) is 3.23. The van der Waals surface area contributed by atoms with E-state index in [0.29, 0.717) is 0 Å². The minimum absolute atomic E-state index is 0.0694. The number of piperidine rings is 1. The number of morpholine rings is 1. The number of nitrogens with zero attached hydrogens (tertiary/aromatic N) is 4. The van der Waals surface area contributed by atoms with Crippen molar-refractivity contribution >= 4 is 17.7 Å². The van der Waals surface area contributed by atoms with Crippen molar-refractivity contribution in [2.75, 3.05) is 31.6 Å². The molecular formula is C17H23F3N4O4. The van der Waals surface area contributed by atoms with Crippen molar-refractivity contribution < 1.29 is 32.6 Å². The summed E-state index contributed by atoms with van der Waals surface area (Å²) in [7, 11) is 1.87. The molecule has 2 aliphatic heterocycles. The number of alkyl halides is 3. The van der Waals surface area contributed by atoms with Crippen LogP contribution in [0.5, 0.6) is 0 Å². The highest BCUT2D eigenvalue weighted by Gasteiger charge is 2.47. The monoisotopic (exact) mass is 404 g/mol. The maximum Gasteiger partial charge on any atom is 0.490 e. The van der Waals surface area contributed by atoms with Crippen molar-refractivity contribution in [3.8, 4) is 0 Å². The summed E-state index contributed by atoms with van der Waals surface area (Å²) in [6, 6.07) is 4.12. The molecule has 0 saturated carbocycles. The number of ether oxygens (including phenoxy) is 1. The number of aryl methyl sites for hydroxylation is 1.